The third-order valence-electron chi connectivity index (χ3n) is 2.77. The van der Waals surface area contributed by atoms with Crippen molar-refractivity contribution in [2.24, 2.45) is 0 Å². The molecule has 0 saturated heterocycles. The van der Waals surface area contributed by atoms with Gasteiger partial charge in [-0.25, -0.2) is 4.98 Å². The van der Waals surface area contributed by atoms with Gasteiger partial charge >= 0.3 is 5.97 Å². The van der Waals surface area contributed by atoms with Crippen LogP contribution in [0.4, 0.5) is 0 Å². The van der Waals surface area contributed by atoms with E-state index < -0.39 is 5.97 Å². The van der Waals surface area contributed by atoms with Crippen molar-refractivity contribution in [2.45, 2.75) is 24.6 Å². The lowest BCUT2D eigenvalue weighted by Gasteiger charge is -2.09. The second kappa shape index (κ2) is 7.47. The number of rotatable bonds is 7. The lowest BCUT2D eigenvalue weighted by Crippen LogP contribution is -2.02. The van der Waals surface area contributed by atoms with E-state index in [0.29, 0.717) is 12.3 Å². The summed E-state index contributed by atoms with van der Waals surface area (Å²) >= 11 is 3.06. The maximum absolute atomic E-state index is 10.6. The van der Waals surface area contributed by atoms with E-state index in [1.807, 2.05) is 19.9 Å². The highest BCUT2D eigenvalue weighted by molar-refractivity contribution is 8.01. The van der Waals surface area contributed by atoms with Gasteiger partial charge in [-0.2, -0.15) is 0 Å². The van der Waals surface area contributed by atoms with E-state index in [9.17, 15) is 4.79 Å². The van der Waals surface area contributed by atoms with Crippen molar-refractivity contribution < 1.29 is 14.6 Å². The second-order valence-electron chi connectivity index (χ2n) is 4.64. The minimum absolute atomic E-state index is 0.0178. The van der Waals surface area contributed by atoms with Crippen LogP contribution in [-0.4, -0.2) is 28.4 Å². The number of carboxylic acid groups (broad SMARTS) is 1. The fourth-order valence-electron chi connectivity index (χ4n) is 1.73. The summed E-state index contributed by atoms with van der Waals surface area (Å²) in [5.74, 6) is 0.851. The second-order valence-corrected chi connectivity index (χ2v) is 6.84. The Morgan fingerprint density at radius 2 is 2.24 bits per heavy atom. The highest BCUT2D eigenvalue weighted by atomic mass is 32.2. The van der Waals surface area contributed by atoms with Crippen molar-refractivity contribution in [3.63, 3.8) is 0 Å². The van der Waals surface area contributed by atoms with E-state index in [4.69, 9.17) is 9.84 Å². The number of hydrogen-bond donors (Lipinski definition) is 1. The van der Waals surface area contributed by atoms with Crippen molar-refractivity contribution in [3.8, 4) is 5.75 Å². The van der Waals surface area contributed by atoms with Crippen molar-refractivity contribution in [1.29, 1.82) is 0 Å². The van der Waals surface area contributed by atoms with Crippen molar-refractivity contribution in [1.82, 2.24) is 4.98 Å². The quantitative estimate of drug-likeness (QED) is 0.623. The van der Waals surface area contributed by atoms with Gasteiger partial charge in [-0.3, -0.25) is 4.79 Å². The zero-order valence-electron chi connectivity index (χ0n) is 12.0. The van der Waals surface area contributed by atoms with Gasteiger partial charge in [-0.05, 0) is 31.0 Å². The van der Waals surface area contributed by atoms with E-state index in [-0.39, 0.29) is 6.42 Å². The van der Waals surface area contributed by atoms with Gasteiger partial charge in [-0.15, -0.1) is 11.3 Å². The number of thioether (sulfide) groups is 1. The summed E-state index contributed by atoms with van der Waals surface area (Å²) in [6.45, 7) is 4.67. The molecule has 0 atom stereocenters. The fourth-order valence-corrected chi connectivity index (χ4v) is 3.47. The lowest BCUT2D eigenvalue weighted by atomic mass is 10.1. The molecular formula is C15H17NO3S2. The SMILES string of the molecule is Cc1ccc(C)c(OCCSc2nc(CC(=O)O)cs2)c1. The minimum atomic E-state index is -0.852. The minimum Gasteiger partial charge on any atom is -0.492 e. The first-order valence-corrected chi connectivity index (χ1v) is 8.40. The van der Waals surface area contributed by atoms with Gasteiger partial charge in [0.05, 0.1) is 18.7 Å². The molecule has 0 spiro atoms. The molecule has 0 saturated carbocycles. The van der Waals surface area contributed by atoms with Gasteiger partial charge in [-0.1, -0.05) is 23.9 Å². The van der Waals surface area contributed by atoms with Crippen LogP contribution < -0.4 is 4.74 Å². The lowest BCUT2D eigenvalue weighted by molar-refractivity contribution is -0.136. The molecule has 1 aromatic carbocycles. The van der Waals surface area contributed by atoms with Crippen LogP contribution in [0, 0.1) is 13.8 Å². The maximum atomic E-state index is 10.6. The Labute approximate surface area is 132 Å². The van der Waals surface area contributed by atoms with Crippen LogP contribution in [0.2, 0.25) is 0 Å². The molecule has 0 bridgehead atoms. The molecule has 1 heterocycles. The van der Waals surface area contributed by atoms with E-state index >= 15 is 0 Å². The fraction of sp³-hybridized carbons (Fsp3) is 0.333. The molecule has 112 valence electrons. The van der Waals surface area contributed by atoms with Crippen LogP contribution in [0.3, 0.4) is 0 Å². The largest absolute Gasteiger partial charge is 0.492 e. The van der Waals surface area contributed by atoms with Gasteiger partial charge in [0.25, 0.3) is 0 Å². The van der Waals surface area contributed by atoms with Gasteiger partial charge in [0, 0.05) is 11.1 Å². The number of aliphatic carboxylic acids is 1. The zero-order valence-corrected chi connectivity index (χ0v) is 13.6. The first kappa shape index (κ1) is 15.9. The molecule has 2 rings (SSSR count). The average Bonchev–Trinajstić information content (AvgIpc) is 2.85. The van der Waals surface area contributed by atoms with Crippen LogP contribution >= 0.6 is 23.1 Å². The van der Waals surface area contributed by atoms with E-state index in [2.05, 4.69) is 17.1 Å². The van der Waals surface area contributed by atoms with Gasteiger partial charge in [0.2, 0.25) is 0 Å². The molecule has 0 aliphatic heterocycles. The number of aromatic nitrogens is 1. The Morgan fingerprint density at radius 3 is 3.00 bits per heavy atom. The normalized spacial score (nSPS) is 10.6. The first-order valence-electron chi connectivity index (χ1n) is 6.53. The molecule has 6 heteroatoms. The van der Waals surface area contributed by atoms with Crippen LogP contribution in [0.5, 0.6) is 5.75 Å². The van der Waals surface area contributed by atoms with Crippen LogP contribution in [0.15, 0.2) is 27.9 Å². The third-order valence-corrected chi connectivity index (χ3v) is 4.81. The topological polar surface area (TPSA) is 59.4 Å². The van der Waals surface area contributed by atoms with Crippen LogP contribution in [-0.2, 0) is 11.2 Å². The third kappa shape index (κ3) is 5.06. The summed E-state index contributed by atoms with van der Waals surface area (Å²) in [5, 5.41) is 10.5. The number of ether oxygens (including phenoxy) is 1. The molecule has 0 unspecified atom stereocenters. The first-order chi connectivity index (χ1) is 10.0. The highest BCUT2D eigenvalue weighted by Gasteiger charge is 2.07. The Morgan fingerprint density at radius 1 is 1.43 bits per heavy atom. The number of hydrogen-bond acceptors (Lipinski definition) is 5. The number of benzene rings is 1. The monoisotopic (exact) mass is 323 g/mol. The highest BCUT2D eigenvalue weighted by Crippen LogP contribution is 2.24. The van der Waals surface area contributed by atoms with Crippen molar-refractivity contribution in [3.05, 3.63) is 40.4 Å². The number of carbonyl (C=O) groups is 1. The number of thiazole rings is 1. The summed E-state index contributed by atoms with van der Waals surface area (Å²) in [6.07, 6.45) is -0.0178. The molecule has 0 aliphatic carbocycles. The molecule has 4 nitrogen and oxygen atoms in total. The summed E-state index contributed by atoms with van der Waals surface area (Å²) in [4.78, 5) is 14.9. The summed E-state index contributed by atoms with van der Waals surface area (Å²) in [5.41, 5.74) is 2.93. The van der Waals surface area contributed by atoms with Gasteiger partial charge in [0.1, 0.15) is 10.1 Å². The van der Waals surface area contributed by atoms with Crippen molar-refractivity contribution in [2.75, 3.05) is 12.4 Å². The molecule has 0 amide bonds. The van der Waals surface area contributed by atoms with E-state index in [1.54, 1.807) is 17.1 Å². The Hall–Kier alpha value is -1.53. The van der Waals surface area contributed by atoms with Gasteiger partial charge < -0.3 is 9.84 Å². The maximum Gasteiger partial charge on any atom is 0.309 e. The molecule has 1 N–H and O–H groups in total. The average molecular weight is 323 g/mol. The predicted octanol–water partition coefficient (Wildman–Crippen LogP) is 3.56. The summed E-state index contributed by atoms with van der Waals surface area (Å²) in [6, 6.07) is 6.15. The van der Waals surface area contributed by atoms with Gasteiger partial charge in [0.15, 0.2) is 0 Å². The molecule has 1 aromatic heterocycles. The van der Waals surface area contributed by atoms with E-state index in [0.717, 1.165) is 21.4 Å². The molecule has 0 fully saturated rings. The number of aryl methyl sites for hydroxylation is 2. The standard InChI is InChI=1S/C15H17NO3S2/c1-10-3-4-11(2)13(7-10)19-5-6-20-15-16-12(9-21-15)8-14(17)18/h3-4,7,9H,5-6,8H2,1-2H3,(H,17,18). The number of carboxylic acids is 1. The number of nitrogens with zero attached hydrogens (tertiary/aromatic N) is 1. The Balaban J connectivity index is 1.78. The summed E-state index contributed by atoms with van der Waals surface area (Å²) in [7, 11) is 0. The molecule has 0 radical (unpaired) electrons. The smallest absolute Gasteiger partial charge is 0.309 e. The Kier molecular flexibility index (Phi) is 5.64. The zero-order chi connectivity index (χ0) is 15.2. The molecule has 21 heavy (non-hydrogen) atoms. The van der Waals surface area contributed by atoms with Crippen molar-refractivity contribution >= 4 is 29.1 Å². The molecule has 2 aromatic rings. The predicted molar refractivity (Wildman–Crippen MR) is 85.6 cm³/mol. The molecular weight excluding hydrogens is 306 g/mol. The Bertz CT molecular complexity index is 625. The van der Waals surface area contributed by atoms with E-state index in [1.165, 1.54) is 16.9 Å². The summed E-state index contributed by atoms with van der Waals surface area (Å²) < 4.78 is 6.66. The van der Waals surface area contributed by atoms with Crippen LogP contribution in [0.1, 0.15) is 16.8 Å². The van der Waals surface area contributed by atoms with Crippen LogP contribution in [0.25, 0.3) is 0 Å². The molecule has 0 aliphatic rings.